The molecular weight excluding hydrogens is 344 g/mol. The van der Waals surface area contributed by atoms with E-state index < -0.39 is 5.97 Å². The van der Waals surface area contributed by atoms with Crippen LogP contribution in [0, 0.1) is 13.8 Å². The number of para-hydroxylation sites is 1. The number of carbonyl (C=O) groups excluding carboxylic acids is 1. The molecule has 0 bridgehead atoms. The SMILES string of the molecule is CCCn1nnnc1COC(=O)/C=C/c1c(C)nn(-c2ccccc2)c1C. The molecule has 0 fully saturated rings. The molecule has 2 heterocycles. The van der Waals surface area contributed by atoms with Crippen LogP contribution < -0.4 is 0 Å². The Kier molecular flexibility index (Phi) is 5.75. The van der Waals surface area contributed by atoms with E-state index in [0.717, 1.165) is 29.1 Å². The van der Waals surface area contributed by atoms with E-state index in [9.17, 15) is 4.79 Å². The standard InChI is InChI=1S/C19H22N6O2/c1-4-12-24-18(20-22-23-24)13-27-19(26)11-10-17-14(2)21-25(15(17)3)16-8-6-5-7-9-16/h5-11H,4,12-13H2,1-3H3/b11-10+. The normalized spacial score (nSPS) is 11.2. The number of rotatable bonds is 7. The lowest BCUT2D eigenvalue weighted by Crippen LogP contribution is -2.09. The Morgan fingerprint density at radius 2 is 2.00 bits per heavy atom. The van der Waals surface area contributed by atoms with Crippen molar-refractivity contribution in [2.45, 2.75) is 40.3 Å². The van der Waals surface area contributed by atoms with Gasteiger partial charge in [-0.2, -0.15) is 5.10 Å². The summed E-state index contributed by atoms with van der Waals surface area (Å²) >= 11 is 0. The Balaban J connectivity index is 1.68. The van der Waals surface area contributed by atoms with E-state index in [0.29, 0.717) is 12.4 Å². The number of esters is 1. The highest BCUT2D eigenvalue weighted by Crippen LogP contribution is 2.19. The van der Waals surface area contributed by atoms with Crippen LogP contribution in [0.25, 0.3) is 11.8 Å². The number of aromatic nitrogens is 6. The first-order valence-corrected chi connectivity index (χ1v) is 8.81. The lowest BCUT2D eigenvalue weighted by molar-refractivity contribution is -0.139. The zero-order valence-electron chi connectivity index (χ0n) is 15.7. The molecular formula is C19H22N6O2. The molecule has 8 heteroatoms. The first-order valence-electron chi connectivity index (χ1n) is 8.81. The van der Waals surface area contributed by atoms with Gasteiger partial charge in [0.25, 0.3) is 0 Å². The van der Waals surface area contributed by atoms with E-state index in [4.69, 9.17) is 4.74 Å². The van der Waals surface area contributed by atoms with Gasteiger partial charge in [-0.3, -0.25) is 0 Å². The average molecular weight is 366 g/mol. The van der Waals surface area contributed by atoms with Crippen LogP contribution >= 0.6 is 0 Å². The van der Waals surface area contributed by atoms with Gasteiger partial charge in [-0.15, -0.1) is 5.10 Å². The van der Waals surface area contributed by atoms with Crippen molar-refractivity contribution >= 4 is 12.0 Å². The summed E-state index contributed by atoms with van der Waals surface area (Å²) in [4.78, 5) is 12.1. The molecule has 1 aromatic carbocycles. The first kappa shape index (κ1) is 18.5. The van der Waals surface area contributed by atoms with E-state index in [2.05, 4.69) is 20.6 Å². The first-order chi connectivity index (χ1) is 13.1. The molecule has 140 valence electrons. The smallest absolute Gasteiger partial charge is 0.331 e. The molecule has 0 aliphatic carbocycles. The molecule has 0 aliphatic heterocycles. The van der Waals surface area contributed by atoms with Gasteiger partial charge < -0.3 is 4.74 Å². The summed E-state index contributed by atoms with van der Waals surface area (Å²) in [5.74, 6) is 0.0789. The van der Waals surface area contributed by atoms with Gasteiger partial charge in [-0.1, -0.05) is 25.1 Å². The summed E-state index contributed by atoms with van der Waals surface area (Å²) in [5.41, 5.74) is 3.66. The predicted octanol–water partition coefficient (Wildman–Crippen LogP) is 2.64. The number of tetrazole rings is 1. The topological polar surface area (TPSA) is 87.7 Å². The van der Waals surface area contributed by atoms with Gasteiger partial charge >= 0.3 is 5.97 Å². The third-order valence-corrected chi connectivity index (χ3v) is 4.12. The van der Waals surface area contributed by atoms with Gasteiger partial charge in [0.2, 0.25) is 0 Å². The molecule has 0 radical (unpaired) electrons. The van der Waals surface area contributed by atoms with Gasteiger partial charge in [0.15, 0.2) is 12.4 Å². The Bertz CT molecular complexity index is 943. The summed E-state index contributed by atoms with van der Waals surface area (Å²) < 4.78 is 8.74. The maximum atomic E-state index is 12.1. The second-order valence-electron chi connectivity index (χ2n) is 6.09. The number of benzene rings is 1. The van der Waals surface area contributed by atoms with Crippen LogP contribution in [0.1, 0.15) is 36.1 Å². The minimum absolute atomic E-state index is 0.0391. The summed E-state index contributed by atoms with van der Waals surface area (Å²) in [6, 6.07) is 9.86. The van der Waals surface area contributed by atoms with Crippen molar-refractivity contribution in [3.8, 4) is 5.69 Å². The molecule has 0 aliphatic rings. The van der Waals surface area contributed by atoms with Crippen molar-refractivity contribution in [3.05, 3.63) is 59.2 Å². The van der Waals surface area contributed by atoms with Gasteiger partial charge in [-0.25, -0.2) is 14.2 Å². The lowest BCUT2D eigenvalue weighted by atomic mass is 10.2. The Morgan fingerprint density at radius 1 is 1.22 bits per heavy atom. The van der Waals surface area contributed by atoms with Gasteiger partial charge in [0, 0.05) is 23.9 Å². The van der Waals surface area contributed by atoms with Crippen molar-refractivity contribution < 1.29 is 9.53 Å². The van der Waals surface area contributed by atoms with E-state index in [1.54, 1.807) is 10.8 Å². The van der Waals surface area contributed by atoms with Crippen LogP contribution in [0.15, 0.2) is 36.4 Å². The summed E-state index contributed by atoms with van der Waals surface area (Å²) in [7, 11) is 0. The van der Waals surface area contributed by atoms with Crippen LogP contribution in [0.2, 0.25) is 0 Å². The predicted molar refractivity (Wildman–Crippen MR) is 100.0 cm³/mol. The van der Waals surface area contributed by atoms with E-state index in [1.165, 1.54) is 6.08 Å². The molecule has 27 heavy (non-hydrogen) atoms. The molecule has 0 atom stereocenters. The maximum absolute atomic E-state index is 12.1. The molecule has 0 saturated carbocycles. The molecule has 0 spiro atoms. The minimum Gasteiger partial charge on any atom is -0.454 e. The highest BCUT2D eigenvalue weighted by Gasteiger charge is 2.12. The van der Waals surface area contributed by atoms with E-state index >= 15 is 0 Å². The van der Waals surface area contributed by atoms with Crippen molar-refractivity contribution in [2.24, 2.45) is 0 Å². The minimum atomic E-state index is -0.452. The Morgan fingerprint density at radius 3 is 2.74 bits per heavy atom. The van der Waals surface area contributed by atoms with Gasteiger partial charge in [0.1, 0.15) is 0 Å². The van der Waals surface area contributed by atoms with Crippen molar-refractivity contribution in [1.82, 2.24) is 30.0 Å². The number of nitrogens with zero attached hydrogens (tertiary/aromatic N) is 6. The molecule has 0 amide bonds. The second kappa shape index (κ2) is 8.39. The van der Waals surface area contributed by atoms with Crippen LogP contribution in [-0.4, -0.2) is 36.0 Å². The third-order valence-electron chi connectivity index (χ3n) is 4.12. The maximum Gasteiger partial charge on any atom is 0.331 e. The fourth-order valence-electron chi connectivity index (χ4n) is 2.76. The fourth-order valence-corrected chi connectivity index (χ4v) is 2.76. The third kappa shape index (κ3) is 4.28. The second-order valence-corrected chi connectivity index (χ2v) is 6.09. The zero-order chi connectivity index (χ0) is 19.2. The average Bonchev–Trinajstić information content (AvgIpc) is 3.23. The fraction of sp³-hybridized carbons (Fsp3) is 0.316. The summed E-state index contributed by atoms with van der Waals surface area (Å²) in [6.07, 6.45) is 4.03. The molecule has 0 N–H and O–H groups in total. The molecule has 2 aromatic heterocycles. The van der Waals surface area contributed by atoms with Crippen LogP contribution in [0.5, 0.6) is 0 Å². The number of carbonyl (C=O) groups is 1. The van der Waals surface area contributed by atoms with Crippen molar-refractivity contribution in [2.75, 3.05) is 0 Å². The molecule has 0 unspecified atom stereocenters. The monoisotopic (exact) mass is 366 g/mol. The Hall–Kier alpha value is -3.29. The van der Waals surface area contributed by atoms with Crippen LogP contribution in [0.4, 0.5) is 0 Å². The van der Waals surface area contributed by atoms with Crippen LogP contribution in [-0.2, 0) is 22.7 Å². The van der Waals surface area contributed by atoms with E-state index in [1.807, 2.05) is 55.8 Å². The molecule has 3 aromatic rings. The van der Waals surface area contributed by atoms with Gasteiger partial charge in [0.05, 0.1) is 11.4 Å². The number of aryl methyl sites for hydroxylation is 2. The lowest BCUT2D eigenvalue weighted by Gasteiger charge is -2.04. The number of hydrogen-bond donors (Lipinski definition) is 0. The zero-order valence-corrected chi connectivity index (χ0v) is 15.7. The van der Waals surface area contributed by atoms with Crippen LogP contribution in [0.3, 0.4) is 0 Å². The summed E-state index contributed by atoms with van der Waals surface area (Å²) in [5, 5.41) is 15.9. The summed E-state index contributed by atoms with van der Waals surface area (Å²) in [6.45, 7) is 6.64. The number of hydrogen-bond acceptors (Lipinski definition) is 6. The van der Waals surface area contributed by atoms with Crippen molar-refractivity contribution in [3.63, 3.8) is 0 Å². The molecule has 8 nitrogen and oxygen atoms in total. The molecule has 3 rings (SSSR count). The molecule has 0 saturated heterocycles. The quantitative estimate of drug-likeness (QED) is 0.472. The highest BCUT2D eigenvalue weighted by atomic mass is 16.5. The largest absolute Gasteiger partial charge is 0.454 e. The highest BCUT2D eigenvalue weighted by molar-refractivity contribution is 5.87. The number of ether oxygens (including phenoxy) is 1. The Labute approximate surface area is 157 Å². The van der Waals surface area contributed by atoms with Gasteiger partial charge in [-0.05, 0) is 48.9 Å². The van der Waals surface area contributed by atoms with Crippen molar-refractivity contribution in [1.29, 1.82) is 0 Å². The van der Waals surface area contributed by atoms with E-state index in [-0.39, 0.29) is 6.61 Å².